The van der Waals surface area contributed by atoms with E-state index in [1.54, 1.807) is 28.9 Å². The fourth-order valence-corrected chi connectivity index (χ4v) is 3.34. The number of hydrogen-bond acceptors (Lipinski definition) is 5. The van der Waals surface area contributed by atoms with Crippen LogP contribution in [0.2, 0.25) is 0 Å². The van der Waals surface area contributed by atoms with Gasteiger partial charge in [-0.1, -0.05) is 0 Å². The summed E-state index contributed by atoms with van der Waals surface area (Å²) in [6.45, 7) is 1.30. The Bertz CT molecular complexity index is 925. The summed E-state index contributed by atoms with van der Waals surface area (Å²) in [5, 5.41) is 17.7. The largest absolute Gasteiger partial charge is 0.506 e. The number of nitrogens with zero attached hydrogens (tertiary/aromatic N) is 4. The first kappa shape index (κ1) is 17.3. The van der Waals surface area contributed by atoms with Crippen LogP contribution in [0.4, 0.5) is 0 Å². The van der Waals surface area contributed by atoms with Crippen molar-refractivity contribution in [2.75, 3.05) is 26.2 Å². The maximum atomic E-state index is 12.8. The molecule has 142 valence electrons. The lowest BCUT2D eigenvalue weighted by molar-refractivity contribution is -0.146. The summed E-state index contributed by atoms with van der Waals surface area (Å²) < 4.78 is 1.55. The zero-order chi connectivity index (χ0) is 19.1. The zero-order valence-electron chi connectivity index (χ0n) is 15.0. The highest BCUT2D eigenvalue weighted by molar-refractivity contribution is 6.35. The Morgan fingerprint density at radius 2 is 1.78 bits per heavy atom. The lowest BCUT2D eigenvalue weighted by Crippen LogP contribution is -2.54. The van der Waals surface area contributed by atoms with Crippen LogP contribution in [0.15, 0.2) is 18.3 Å². The Morgan fingerprint density at radius 1 is 1.11 bits per heavy atom. The van der Waals surface area contributed by atoms with E-state index in [4.69, 9.17) is 0 Å². The number of amides is 3. The molecule has 0 atom stereocenters. The van der Waals surface area contributed by atoms with E-state index in [0.29, 0.717) is 42.6 Å². The fraction of sp³-hybridized carbons (Fsp3) is 0.444. The minimum Gasteiger partial charge on any atom is -0.506 e. The Balaban J connectivity index is 1.41. The Morgan fingerprint density at radius 3 is 2.44 bits per heavy atom. The van der Waals surface area contributed by atoms with Gasteiger partial charge in [0.2, 0.25) is 0 Å². The number of phenols is 1. The van der Waals surface area contributed by atoms with E-state index >= 15 is 0 Å². The Hall–Kier alpha value is -3.10. The van der Waals surface area contributed by atoms with E-state index in [1.165, 1.54) is 11.0 Å². The lowest BCUT2D eigenvalue weighted by Gasteiger charge is -2.34. The van der Waals surface area contributed by atoms with Gasteiger partial charge in [-0.3, -0.25) is 19.1 Å². The molecule has 2 aliphatic rings. The molecule has 0 unspecified atom stereocenters. The average molecular weight is 371 g/mol. The van der Waals surface area contributed by atoms with Gasteiger partial charge in [0, 0.05) is 50.2 Å². The van der Waals surface area contributed by atoms with Crippen LogP contribution < -0.4 is 5.32 Å². The van der Waals surface area contributed by atoms with Gasteiger partial charge in [-0.15, -0.1) is 0 Å². The van der Waals surface area contributed by atoms with Gasteiger partial charge in [0.15, 0.2) is 0 Å². The predicted octanol–water partition coefficient (Wildman–Crippen LogP) is -0.158. The van der Waals surface area contributed by atoms with Crippen LogP contribution in [0.3, 0.4) is 0 Å². The first-order valence-electron chi connectivity index (χ1n) is 8.98. The SMILES string of the molecule is Cn1ncc2cc(C(=O)N3CCN(C(=O)C(=O)NC4CC4)CC3)cc(O)c21. The van der Waals surface area contributed by atoms with Crippen molar-refractivity contribution < 1.29 is 19.5 Å². The number of aryl methyl sites for hydroxylation is 1. The van der Waals surface area contributed by atoms with E-state index in [2.05, 4.69) is 10.4 Å². The smallest absolute Gasteiger partial charge is 0.312 e. The summed E-state index contributed by atoms with van der Waals surface area (Å²) >= 11 is 0. The van der Waals surface area contributed by atoms with E-state index < -0.39 is 11.8 Å². The molecule has 3 amide bonds. The third-order valence-electron chi connectivity index (χ3n) is 5.02. The molecule has 9 nitrogen and oxygen atoms in total. The highest BCUT2D eigenvalue weighted by Crippen LogP contribution is 2.26. The number of aromatic nitrogens is 2. The Labute approximate surface area is 155 Å². The molecule has 2 fully saturated rings. The zero-order valence-corrected chi connectivity index (χ0v) is 15.0. The summed E-state index contributed by atoms with van der Waals surface area (Å²) in [6.07, 6.45) is 3.45. The first-order chi connectivity index (χ1) is 12.9. The predicted molar refractivity (Wildman–Crippen MR) is 96.0 cm³/mol. The number of benzene rings is 1. The van der Waals surface area contributed by atoms with Crippen LogP contribution in [-0.4, -0.2) is 74.6 Å². The normalized spacial score (nSPS) is 17.2. The summed E-state index contributed by atoms with van der Waals surface area (Å²) in [4.78, 5) is 39.9. The molecule has 1 aliphatic carbocycles. The van der Waals surface area contributed by atoms with Gasteiger partial charge in [0.1, 0.15) is 11.3 Å². The number of hydrogen-bond donors (Lipinski definition) is 2. The molecule has 1 aliphatic heterocycles. The molecule has 0 spiro atoms. The molecule has 27 heavy (non-hydrogen) atoms. The molecule has 0 bridgehead atoms. The highest BCUT2D eigenvalue weighted by Gasteiger charge is 2.31. The second-order valence-electron chi connectivity index (χ2n) is 7.03. The van der Waals surface area contributed by atoms with Gasteiger partial charge in [0.05, 0.1) is 6.20 Å². The van der Waals surface area contributed by atoms with Gasteiger partial charge in [0.25, 0.3) is 5.91 Å². The van der Waals surface area contributed by atoms with Crippen molar-refractivity contribution in [2.45, 2.75) is 18.9 Å². The summed E-state index contributed by atoms with van der Waals surface area (Å²) in [7, 11) is 1.72. The standard InChI is InChI=1S/C18H21N5O4/c1-21-15-12(10-19-21)8-11(9-14(15)24)17(26)22-4-6-23(7-5-22)18(27)16(25)20-13-2-3-13/h8-10,13,24H,2-7H2,1H3,(H,20,25). The van der Waals surface area contributed by atoms with Crippen LogP contribution in [0.1, 0.15) is 23.2 Å². The molecular formula is C18H21N5O4. The maximum Gasteiger partial charge on any atom is 0.312 e. The van der Waals surface area contributed by atoms with Crippen LogP contribution in [-0.2, 0) is 16.6 Å². The summed E-state index contributed by atoms with van der Waals surface area (Å²) in [6, 6.07) is 3.28. The number of phenolic OH excluding ortho intramolecular Hbond substituents is 1. The molecular weight excluding hydrogens is 350 g/mol. The minimum atomic E-state index is -0.566. The quantitative estimate of drug-likeness (QED) is 0.714. The van der Waals surface area contributed by atoms with Gasteiger partial charge < -0.3 is 20.2 Å². The van der Waals surface area contributed by atoms with Gasteiger partial charge >= 0.3 is 11.8 Å². The maximum absolute atomic E-state index is 12.8. The number of piperazine rings is 1. The molecule has 0 radical (unpaired) electrons. The molecule has 4 rings (SSSR count). The number of carbonyl (C=O) groups excluding carboxylic acids is 3. The summed E-state index contributed by atoms with van der Waals surface area (Å²) in [5.41, 5.74) is 0.947. The topological polar surface area (TPSA) is 108 Å². The molecule has 9 heteroatoms. The van der Waals surface area contributed by atoms with Crippen molar-refractivity contribution in [3.63, 3.8) is 0 Å². The number of nitrogens with one attached hydrogen (secondary N) is 1. The van der Waals surface area contributed by atoms with Crippen LogP contribution in [0.5, 0.6) is 5.75 Å². The van der Waals surface area contributed by atoms with Gasteiger partial charge in [-0.25, -0.2) is 0 Å². The molecule has 2 aromatic rings. The van der Waals surface area contributed by atoms with Crippen molar-refractivity contribution in [2.24, 2.45) is 7.05 Å². The van der Waals surface area contributed by atoms with Crippen LogP contribution in [0, 0.1) is 0 Å². The fourth-order valence-electron chi connectivity index (χ4n) is 3.34. The number of aromatic hydroxyl groups is 1. The van der Waals surface area contributed by atoms with E-state index in [-0.39, 0.29) is 17.7 Å². The Kier molecular flexibility index (Phi) is 4.21. The lowest BCUT2D eigenvalue weighted by atomic mass is 10.1. The first-order valence-corrected chi connectivity index (χ1v) is 8.98. The van der Waals surface area contributed by atoms with Crippen LogP contribution >= 0.6 is 0 Å². The monoisotopic (exact) mass is 371 g/mol. The number of rotatable bonds is 2. The highest BCUT2D eigenvalue weighted by atomic mass is 16.3. The number of fused-ring (bicyclic) bond motifs is 1. The third kappa shape index (κ3) is 3.32. The van der Waals surface area contributed by atoms with Crippen molar-refractivity contribution in [3.05, 3.63) is 23.9 Å². The third-order valence-corrected chi connectivity index (χ3v) is 5.02. The van der Waals surface area contributed by atoms with Crippen molar-refractivity contribution in [3.8, 4) is 5.75 Å². The number of carbonyl (C=O) groups is 3. The molecule has 1 aromatic carbocycles. The molecule has 1 aromatic heterocycles. The van der Waals surface area contributed by atoms with E-state index in [1.807, 2.05) is 0 Å². The average Bonchev–Trinajstić information content (AvgIpc) is 3.40. The molecule has 1 saturated heterocycles. The van der Waals surface area contributed by atoms with E-state index in [0.717, 1.165) is 12.8 Å². The molecule has 2 N–H and O–H groups in total. The molecule has 2 heterocycles. The summed E-state index contributed by atoms with van der Waals surface area (Å²) in [5.74, 6) is -1.32. The molecule has 1 saturated carbocycles. The van der Waals surface area contributed by atoms with Crippen LogP contribution in [0.25, 0.3) is 10.9 Å². The van der Waals surface area contributed by atoms with Crippen molar-refractivity contribution in [1.82, 2.24) is 24.9 Å². The van der Waals surface area contributed by atoms with Gasteiger partial charge in [-0.05, 0) is 25.0 Å². The van der Waals surface area contributed by atoms with Crippen molar-refractivity contribution in [1.29, 1.82) is 0 Å². The minimum absolute atomic E-state index is 0.00131. The second kappa shape index (κ2) is 6.57. The van der Waals surface area contributed by atoms with Gasteiger partial charge in [-0.2, -0.15) is 5.10 Å². The van der Waals surface area contributed by atoms with Crippen molar-refractivity contribution >= 4 is 28.6 Å². The second-order valence-corrected chi connectivity index (χ2v) is 7.03. The van der Waals surface area contributed by atoms with E-state index in [9.17, 15) is 19.5 Å².